The Morgan fingerprint density at radius 2 is 1.87 bits per heavy atom. The smallest absolute Gasteiger partial charge is 0.282 e. The number of nitrogens with zero attached hydrogens (tertiary/aromatic N) is 3. The van der Waals surface area contributed by atoms with E-state index in [-0.39, 0.29) is 34.6 Å². The zero-order valence-electron chi connectivity index (χ0n) is 24.9. The Hall–Kier alpha value is -5.20. The van der Waals surface area contributed by atoms with Gasteiger partial charge in [-0.1, -0.05) is 35.9 Å². The lowest BCUT2D eigenvalue weighted by Crippen LogP contribution is -2.21. The maximum atomic E-state index is 13.8. The summed E-state index contributed by atoms with van der Waals surface area (Å²) in [6.45, 7) is 1.60. The van der Waals surface area contributed by atoms with Crippen LogP contribution in [0.3, 0.4) is 0 Å². The minimum atomic E-state index is -0.533. The Bertz CT molecular complexity index is 2240. The van der Waals surface area contributed by atoms with E-state index in [0.717, 1.165) is 4.68 Å². The zero-order chi connectivity index (χ0) is 33.1. The number of rotatable bonds is 10. The van der Waals surface area contributed by atoms with Crippen molar-refractivity contribution in [2.24, 2.45) is 5.10 Å². The topological polar surface area (TPSA) is 117 Å². The molecule has 4 aromatic carbocycles. The van der Waals surface area contributed by atoms with Gasteiger partial charge in [-0.3, -0.25) is 9.59 Å². The van der Waals surface area contributed by atoms with Gasteiger partial charge in [-0.15, -0.1) is 0 Å². The van der Waals surface area contributed by atoms with E-state index in [1.54, 1.807) is 68.6 Å². The highest BCUT2D eigenvalue weighted by molar-refractivity contribution is 9.10. The van der Waals surface area contributed by atoms with Crippen molar-refractivity contribution in [1.82, 2.24) is 9.66 Å². The Morgan fingerprint density at radius 3 is 2.66 bits per heavy atom. The molecule has 0 saturated heterocycles. The van der Waals surface area contributed by atoms with Crippen molar-refractivity contribution in [2.45, 2.75) is 6.92 Å². The minimum absolute atomic E-state index is 0.101. The number of carbonyl (C=O) groups is 1. The molecule has 0 atom stereocenters. The fourth-order valence-electron chi connectivity index (χ4n) is 4.83. The van der Waals surface area contributed by atoms with Gasteiger partial charge in [-0.25, -0.2) is 9.37 Å². The molecule has 6 rings (SSSR count). The molecule has 1 N–H and O–H groups in total. The van der Waals surface area contributed by atoms with Gasteiger partial charge in [0.25, 0.3) is 11.5 Å². The summed E-state index contributed by atoms with van der Waals surface area (Å²) in [5.74, 6) is 0.388. The number of anilines is 1. The predicted molar refractivity (Wildman–Crippen MR) is 182 cm³/mol. The standard InChI is InChI=1S/C34H25BrClFN4O6/c1-3-45-27-14-19(30(35)31(36)32(27)46-18-29(42)39-21-9-6-8-20(37)15-21)17-38-41-33(40-24-11-5-4-10-22(24)34(41)43)28-16-23-25(44-2)12-7-13-26(23)47-28/h4-17H,3,18H2,1-2H3,(H,39,42). The van der Waals surface area contributed by atoms with E-state index in [4.69, 9.17) is 35.2 Å². The van der Waals surface area contributed by atoms with E-state index in [2.05, 4.69) is 26.3 Å². The van der Waals surface area contributed by atoms with Gasteiger partial charge in [-0.05, 0) is 77.5 Å². The minimum Gasteiger partial charge on any atom is -0.496 e. The van der Waals surface area contributed by atoms with Crippen LogP contribution in [-0.2, 0) is 4.79 Å². The number of carbonyl (C=O) groups excluding carboxylic acids is 1. The molecule has 0 fully saturated rings. The summed E-state index contributed by atoms with van der Waals surface area (Å²) >= 11 is 10.2. The van der Waals surface area contributed by atoms with Gasteiger partial charge in [0.05, 0.1) is 36.2 Å². The molecule has 0 bridgehead atoms. The number of amides is 1. The van der Waals surface area contributed by atoms with Gasteiger partial charge in [-0.2, -0.15) is 9.78 Å². The monoisotopic (exact) mass is 718 g/mol. The van der Waals surface area contributed by atoms with Crippen molar-refractivity contribution in [3.8, 4) is 28.8 Å². The Balaban J connectivity index is 1.37. The lowest BCUT2D eigenvalue weighted by Gasteiger charge is -2.16. The summed E-state index contributed by atoms with van der Waals surface area (Å²) in [5.41, 5.74) is 1.31. The maximum Gasteiger partial charge on any atom is 0.282 e. The molecule has 0 aliphatic heterocycles. The second-order valence-electron chi connectivity index (χ2n) is 10.00. The molecule has 0 spiro atoms. The Kier molecular flexibility index (Phi) is 9.23. The van der Waals surface area contributed by atoms with E-state index < -0.39 is 23.9 Å². The molecule has 0 radical (unpaired) electrons. The van der Waals surface area contributed by atoms with Crippen LogP contribution in [0.25, 0.3) is 33.5 Å². The summed E-state index contributed by atoms with van der Waals surface area (Å²) in [5, 5.41) is 8.25. The van der Waals surface area contributed by atoms with Gasteiger partial charge < -0.3 is 23.9 Å². The van der Waals surface area contributed by atoms with E-state index in [9.17, 15) is 14.0 Å². The molecule has 0 saturated carbocycles. The number of hydrogen-bond donors (Lipinski definition) is 1. The van der Waals surface area contributed by atoms with E-state index in [1.807, 2.05) is 6.07 Å². The highest BCUT2D eigenvalue weighted by Gasteiger charge is 2.21. The first-order valence-corrected chi connectivity index (χ1v) is 15.4. The maximum absolute atomic E-state index is 13.8. The van der Waals surface area contributed by atoms with Crippen molar-refractivity contribution in [2.75, 3.05) is 25.6 Å². The molecule has 0 aliphatic carbocycles. The van der Waals surface area contributed by atoms with Crippen LogP contribution in [0.1, 0.15) is 12.5 Å². The first kappa shape index (κ1) is 31.8. The summed E-state index contributed by atoms with van der Waals surface area (Å²) in [6, 6.07) is 21.2. The largest absolute Gasteiger partial charge is 0.496 e. The third kappa shape index (κ3) is 6.56. The highest BCUT2D eigenvalue weighted by atomic mass is 79.9. The number of ether oxygens (including phenoxy) is 3. The first-order valence-electron chi connectivity index (χ1n) is 14.2. The van der Waals surface area contributed by atoms with Crippen LogP contribution in [0.15, 0.2) is 97.6 Å². The number of aromatic nitrogens is 2. The van der Waals surface area contributed by atoms with Crippen LogP contribution in [-0.4, -0.2) is 42.1 Å². The highest BCUT2D eigenvalue weighted by Crippen LogP contribution is 2.42. The van der Waals surface area contributed by atoms with E-state index >= 15 is 0 Å². The average Bonchev–Trinajstić information content (AvgIpc) is 3.51. The lowest BCUT2D eigenvalue weighted by atomic mass is 10.2. The van der Waals surface area contributed by atoms with Crippen LogP contribution in [0.5, 0.6) is 17.2 Å². The fourth-order valence-corrected chi connectivity index (χ4v) is 5.48. The molecule has 0 unspecified atom stereocenters. The summed E-state index contributed by atoms with van der Waals surface area (Å²) in [7, 11) is 1.56. The number of fused-ring (bicyclic) bond motifs is 2. The molecule has 238 valence electrons. The Morgan fingerprint density at radius 1 is 1.06 bits per heavy atom. The molecule has 0 aliphatic rings. The van der Waals surface area contributed by atoms with Gasteiger partial charge in [0.15, 0.2) is 23.9 Å². The number of hydrogen-bond acceptors (Lipinski definition) is 8. The number of para-hydroxylation sites is 1. The lowest BCUT2D eigenvalue weighted by molar-refractivity contribution is -0.118. The quantitative estimate of drug-likeness (QED) is 0.145. The van der Waals surface area contributed by atoms with Crippen molar-refractivity contribution in [3.63, 3.8) is 0 Å². The van der Waals surface area contributed by atoms with E-state index in [1.165, 1.54) is 24.4 Å². The second kappa shape index (κ2) is 13.7. The number of benzene rings is 4. The van der Waals surface area contributed by atoms with Crippen molar-refractivity contribution in [1.29, 1.82) is 0 Å². The van der Waals surface area contributed by atoms with Gasteiger partial charge in [0.2, 0.25) is 5.82 Å². The third-order valence-corrected chi connectivity index (χ3v) is 8.38. The van der Waals surface area contributed by atoms with Crippen LogP contribution in [0.4, 0.5) is 10.1 Å². The normalized spacial score (nSPS) is 11.3. The van der Waals surface area contributed by atoms with Crippen LogP contribution in [0, 0.1) is 5.82 Å². The molecule has 10 nitrogen and oxygen atoms in total. The Labute approximate surface area is 280 Å². The molecule has 2 aromatic heterocycles. The van der Waals surface area contributed by atoms with Crippen molar-refractivity contribution in [3.05, 3.63) is 110 Å². The van der Waals surface area contributed by atoms with Crippen molar-refractivity contribution < 1.29 is 27.8 Å². The zero-order valence-corrected chi connectivity index (χ0v) is 27.3. The van der Waals surface area contributed by atoms with Crippen LogP contribution in [0.2, 0.25) is 5.02 Å². The summed E-state index contributed by atoms with van der Waals surface area (Å²) in [6.07, 6.45) is 1.42. The fraction of sp³-hybridized carbons (Fsp3) is 0.118. The predicted octanol–water partition coefficient (Wildman–Crippen LogP) is 7.67. The van der Waals surface area contributed by atoms with Gasteiger partial charge >= 0.3 is 0 Å². The van der Waals surface area contributed by atoms with Crippen LogP contribution >= 0.6 is 27.5 Å². The van der Waals surface area contributed by atoms with Crippen LogP contribution < -0.4 is 25.1 Å². The molecular formula is C34H25BrClFN4O6. The molecule has 6 aromatic rings. The first-order chi connectivity index (χ1) is 22.8. The summed E-state index contributed by atoms with van der Waals surface area (Å²) < 4.78 is 38.1. The van der Waals surface area contributed by atoms with Gasteiger partial charge in [0.1, 0.15) is 22.2 Å². The molecule has 47 heavy (non-hydrogen) atoms. The number of nitrogens with one attached hydrogen (secondary N) is 1. The van der Waals surface area contributed by atoms with Gasteiger partial charge in [0, 0.05) is 15.7 Å². The second-order valence-corrected chi connectivity index (χ2v) is 11.2. The van der Waals surface area contributed by atoms with Crippen molar-refractivity contribution >= 4 is 67.2 Å². The molecule has 2 heterocycles. The number of methoxy groups -OCH3 is 1. The average molecular weight is 720 g/mol. The molecule has 1 amide bonds. The van der Waals surface area contributed by atoms with E-state index in [0.29, 0.717) is 43.4 Å². The number of halogens is 3. The SMILES string of the molecule is CCOc1cc(C=Nn2c(-c3cc4c(OC)cccc4o3)nc3ccccc3c2=O)c(Br)c(Cl)c1OCC(=O)Nc1cccc(F)c1. The third-order valence-electron chi connectivity index (χ3n) is 6.94. The summed E-state index contributed by atoms with van der Waals surface area (Å²) in [4.78, 5) is 31.0. The molecular weight excluding hydrogens is 695 g/mol. The molecule has 13 heteroatoms. The number of furan rings is 1.